The minimum absolute atomic E-state index is 0.0665. The average molecular weight is 751 g/mol. The molecule has 0 saturated carbocycles. The van der Waals surface area contributed by atoms with Gasteiger partial charge in [-0.3, -0.25) is 14.4 Å². The van der Waals surface area contributed by atoms with E-state index in [0.717, 1.165) is 75.5 Å². The molecule has 53 heavy (non-hydrogen) atoms. The van der Waals surface area contributed by atoms with Crippen LogP contribution in [0.1, 0.15) is 247 Å². The quantitative estimate of drug-likeness (QED) is 0.0352. The van der Waals surface area contributed by atoms with Gasteiger partial charge in [0.2, 0.25) is 0 Å². The Kier molecular flexibility index (Phi) is 37.5. The Morgan fingerprint density at radius 2 is 0.547 bits per heavy atom. The van der Waals surface area contributed by atoms with Crippen LogP contribution < -0.4 is 0 Å². The minimum Gasteiger partial charge on any atom is -0.462 e. The summed E-state index contributed by atoms with van der Waals surface area (Å²) in [6.07, 6.45) is 35.3. The van der Waals surface area contributed by atoms with E-state index in [4.69, 9.17) is 14.2 Å². The van der Waals surface area contributed by atoms with Gasteiger partial charge in [-0.25, -0.2) is 0 Å². The van der Waals surface area contributed by atoms with Crippen LogP contribution in [0.2, 0.25) is 0 Å². The molecule has 0 aliphatic carbocycles. The maximum Gasteiger partial charge on any atom is 0.306 e. The fraction of sp³-hybridized carbons (Fsp3) is 0.936. The Morgan fingerprint density at radius 3 is 0.811 bits per heavy atom. The first-order valence-corrected chi connectivity index (χ1v) is 23.1. The highest BCUT2D eigenvalue weighted by atomic mass is 16.6. The highest BCUT2D eigenvalue weighted by molar-refractivity contribution is 5.71. The molecule has 0 radical (unpaired) electrons. The summed E-state index contributed by atoms with van der Waals surface area (Å²) in [5.74, 6) is 1.54. The van der Waals surface area contributed by atoms with Crippen molar-refractivity contribution >= 4 is 17.9 Å². The predicted molar refractivity (Wildman–Crippen MR) is 224 cm³/mol. The van der Waals surface area contributed by atoms with Crippen molar-refractivity contribution in [2.24, 2.45) is 17.8 Å². The van der Waals surface area contributed by atoms with Gasteiger partial charge >= 0.3 is 17.9 Å². The van der Waals surface area contributed by atoms with Crippen molar-refractivity contribution < 1.29 is 28.6 Å². The third-order valence-corrected chi connectivity index (χ3v) is 10.4. The van der Waals surface area contributed by atoms with Crippen LogP contribution in [-0.2, 0) is 28.6 Å². The average Bonchev–Trinajstić information content (AvgIpc) is 3.11. The normalized spacial score (nSPS) is 12.2. The van der Waals surface area contributed by atoms with Gasteiger partial charge in [0.1, 0.15) is 13.2 Å². The highest BCUT2D eigenvalue weighted by Crippen LogP contribution is 2.17. The van der Waals surface area contributed by atoms with E-state index in [9.17, 15) is 14.4 Å². The van der Waals surface area contributed by atoms with Crippen molar-refractivity contribution in [3.63, 3.8) is 0 Å². The molecule has 0 spiro atoms. The molecule has 0 fully saturated rings. The molecule has 0 aromatic rings. The topological polar surface area (TPSA) is 78.9 Å². The number of carbonyl (C=O) groups excluding carboxylic acids is 3. The van der Waals surface area contributed by atoms with Gasteiger partial charge in [0.05, 0.1) is 0 Å². The maximum atomic E-state index is 12.7. The molecular weight excluding hydrogens is 661 g/mol. The molecule has 0 rings (SSSR count). The van der Waals surface area contributed by atoms with Gasteiger partial charge in [0.25, 0.3) is 0 Å². The van der Waals surface area contributed by atoms with Gasteiger partial charge in [-0.1, -0.05) is 208 Å². The van der Waals surface area contributed by atoms with E-state index in [1.165, 1.54) is 128 Å². The van der Waals surface area contributed by atoms with Crippen molar-refractivity contribution in [2.45, 2.75) is 253 Å². The molecule has 1 atom stereocenters. The first-order chi connectivity index (χ1) is 25.6. The summed E-state index contributed by atoms with van der Waals surface area (Å²) in [7, 11) is 0. The van der Waals surface area contributed by atoms with Crippen LogP contribution in [0.4, 0.5) is 0 Å². The third kappa shape index (κ3) is 41.4. The zero-order valence-electron chi connectivity index (χ0n) is 36.3. The molecule has 0 aromatic heterocycles. The van der Waals surface area contributed by atoms with Crippen LogP contribution >= 0.6 is 0 Å². The standard InChI is InChI=1S/C47H90O6/c1-41(2)33-27-21-15-9-7-8-10-18-24-30-36-45(48)51-39-44(53-47(50)38-32-26-20-14-12-17-23-29-35-43(5)6)40-52-46(49)37-31-25-19-13-11-16-22-28-34-42(3)4/h41-44H,7-40H2,1-6H3/t44-/m1/s1. The molecule has 6 heteroatoms. The maximum absolute atomic E-state index is 12.7. The summed E-state index contributed by atoms with van der Waals surface area (Å²) in [6, 6.07) is 0. The number of rotatable bonds is 40. The van der Waals surface area contributed by atoms with Crippen molar-refractivity contribution in [2.75, 3.05) is 13.2 Å². The molecule has 0 heterocycles. The van der Waals surface area contributed by atoms with Gasteiger partial charge in [0.15, 0.2) is 6.10 Å². The summed E-state index contributed by atoms with van der Waals surface area (Å²) in [4.78, 5) is 37.7. The van der Waals surface area contributed by atoms with Gasteiger partial charge in [-0.15, -0.1) is 0 Å². The second-order valence-corrected chi connectivity index (χ2v) is 17.5. The summed E-state index contributed by atoms with van der Waals surface area (Å²) in [5.41, 5.74) is 0. The van der Waals surface area contributed by atoms with E-state index in [-0.39, 0.29) is 31.1 Å². The molecule has 0 saturated heterocycles. The molecule has 0 aliphatic heterocycles. The van der Waals surface area contributed by atoms with Gasteiger partial charge in [-0.05, 0) is 37.0 Å². The lowest BCUT2D eigenvalue weighted by Crippen LogP contribution is -2.30. The van der Waals surface area contributed by atoms with Gasteiger partial charge < -0.3 is 14.2 Å². The van der Waals surface area contributed by atoms with E-state index in [1.54, 1.807) is 0 Å². The first kappa shape index (κ1) is 51.4. The van der Waals surface area contributed by atoms with Crippen LogP contribution in [0.3, 0.4) is 0 Å². The number of carbonyl (C=O) groups is 3. The molecule has 314 valence electrons. The van der Waals surface area contributed by atoms with Crippen LogP contribution in [-0.4, -0.2) is 37.2 Å². The highest BCUT2D eigenvalue weighted by Gasteiger charge is 2.19. The van der Waals surface area contributed by atoms with Crippen molar-refractivity contribution in [3.05, 3.63) is 0 Å². The second kappa shape index (κ2) is 38.7. The van der Waals surface area contributed by atoms with Crippen LogP contribution in [0.15, 0.2) is 0 Å². The molecule has 0 N–H and O–H groups in total. The van der Waals surface area contributed by atoms with E-state index in [2.05, 4.69) is 41.5 Å². The fourth-order valence-electron chi connectivity index (χ4n) is 6.88. The molecule has 0 amide bonds. The largest absolute Gasteiger partial charge is 0.462 e. The monoisotopic (exact) mass is 751 g/mol. The third-order valence-electron chi connectivity index (χ3n) is 10.4. The molecule has 0 aromatic carbocycles. The van der Waals surface area contributed by atoms with Gasteiger partial charge in [0, 0.05) is 19.3 Å². The SMILES string of the molecule is CC(C)CCCCCCCCCCCCC(=O)OC[C@H](COC(=O)CCCCCCCCCCC(C)C)OC(=O)CCCCCCCCCCC(C)C. The number of ether oxygens (including phenoxy) is 3. The Labute approximate surface area is 329 Å². The number of hydrogen-bond acceptors (Lipinski definition) is 6. The first-order valence-electron chi connectivity index (χ1n) is 23.1. The second-order valence-electron chi connectivity index (χ2n) is 17.5. The summed E-state index contributed by atoms with van der Waals surface area (Å²) in [6.45, 7) is 13.6. The van der Waals surface area contributed by atoms with Crippen molar-refractivity contribution in [1.29, 1.82) is 0 Å². The van der Waals surface area contributed by atoms with Gasteiger partial charge in [-0.2, -0.15) is 0 Å². The van der Waals surface area contributed by atoms with E-state index >= 15 is 0 Å². The Morgan fingerprint density at radius 1 is 0.321 bits per heavy atom. The van der Waals surface area contributed by atoms with E-state index in [1.807, 2.05) is 0 Å². The molecule has 0 bridgehead atoms. The molecule has 6 nitrogen and oxygen atoms in total. The Hall–Kier alpha value is -1.59. The van der Waals surface area contributed by atoms with Crippen LogP contribution in [0.25, 0.3) is 0 Å². The lowest BCUT2D eigenvalue weighted by Gasteiger charge is -2.18. The zero-order valence-corrected chi connectivity index (χ0v) is 36.3. The lowest BCUT2D eigenvalue weighted by molar-refractivity contribution is -0.167. The Bertz CT molecular complexity index is 822. The van der Waals surface area contributed by atoms with Crippen LogP contribution in [0.5, 0.6) is 0 Å². The zero-order chi connectivity index (χ0) is 39.2. The Balaban J connectivity index is 4.34. The summed E-state index contributed by atoms with van der Waals surface area (Å²) >= 11 is 0. The van der Waals surface area contributed by atoms with E-state index in [0.29, 0.717) is 19.3 Å². The minimum atomic E-state index is -0.762. The van der Waals surface area contributed by atoms with Crippen molar-refractivity contribution in [3.8, 4) is 0 Å². The summed E-state index contributed by atoms with van der Waals surface area (Å²) in [5, 5.41) is 0. The van der Waals surface area contributed by atoms with E-state index < -0.39 is 6.10 Å². The molecule has 0 unspecified atom stereocenters. The molecule has 0 aliphatic rings. The number of unbranched alkanes of at least 4 members (excludes halogenated alkanes) is 23. The smallest absolute Gasteiger partial charge is 0.306 e. The number of esters is 3. The van der Waals surface area contributed by atoms with Crippen LogP contribution in [0, 0.1) is 17.8 Å². The molecular formula is C47H90O6. The fourth-order valence-corrected chi connectivity index (χ4v) is 6.88. The van der Waals surface area contributed by atoms with Crippen molar-refractivity contribution in [1.82, 2.24) is 0 Å². The number of hydrogen-bond donors (Lipinski definition) is 0. The predicted octanol–water partition coefficient (Wildman–Crippen LogP) is 14.4. The summed E-state index contributed by atoms with van der Waals surface area (Å²) < 4.78 is 16.7. The lowest BCUT2D eigenvalue weighted by atomic mass is 10.0.